The van der Waals surface area contributed by atoms with Gasteiger partial charge in [0.15, 0.2) is 0 Å². The summed E-state index contributed by atoms with van der Waals surface area (Å²) in [7, 11) is 1.41. The average Bonchev–Trinajstić information content (AvgIpc) is 3.17. The van der Waals surface area contributed by atoms with Crippen molar-refractivity contribution in [3.8, 4) is 11.3 Å². The molecule has 1 aromatic heterocycles. The van der Waals surface area contributed by atoms with Crippen LogP contribution in [0.4, 0.5) is 0 Å². The average molecular weight is 368 g/mol. The summed E-state index contributed by atoms with van der Waals surface area (Å²) < 4.78 is 7.26. The smallest absolute Gasteiger partial charge is 0.337 e. The Kier molecular flexibility index (Phi) is 3.90. The van der Waals surface area contributed by atoms with Crippen molar-refractivity contribution in [2.24, 2.45) is 0 Å². The van der Waals surface area contributed by atoms with Gasteiger partial charge >= 0.3 is 5.97 Å². The lowest BCUT2D eigenvalue weighted by molar-refractivity contribution is 0.0601. The van der Waals surface area contributed by atoms with Crippen molar-refractivity contribution in [1.29, 1.82) is 0 Å². The van der Waals surface area contributed by atoms with Gasteiger partial charge in [-0.3, -0.25) is 0 Å². The van der Waals surface area contributed by atoms with Gasteiger partial charge in [-0.05, 0) is 41.8 Å². The Hall–Kier alpha value is -3.53. The molecule has 1 N–H and O–H groups in total. The molecule has 3 aromatic carbocycles. The number of aromatic amines is 1. The molecule has 28 heavy (non-hydrogen) atoms. The number of para-hydroxylation sites is 1. The number of rotatable bonds is 2. The molecule has 4 nitrogen and oxygen atoms in total. The Balaban J connectivity index is 1.94. The number of hydrogen-bond donors (Lipinski definition) is 1. The van der Waals surface area contributed by atoms with Crippen LogP contribution in [0.15, 0.2) is 72.8 Å². The van der Waals surface area contributed by atoms with Crippen molar-refractivity contribution in [2.75, 3.05) is 7.11 Å². The summed E-state index contributed by atoms with van der Waals surface area (Å²) >= 11 is 0. The second-order valence-electron chi connectivity index (χ2n) is 7.03. The van der Waals surface area contributed by atoms with Gasteiger partial charge in [-0.1, -0.05) is 48.5 Å². The molecule has 0 amide bonds. The van der Waals surface area contributed by atoms with Crippen LogP contribution in [-0.2, 0) is 17.7 Å². The van der Waals surface area contributed by atoms with Gasteiger partial charge in [-0.2, -0.15) is 0 Å². The number of methoxy groups -OCH3 is 1. The molecule has 0 spiro atoms. The van der Waals surface area contributed by atoms with Gasteiger partial charge in [0, 0.05) is 17.6 Å². The maximum Gasteiger partial charge on any atom is 0.337 e. The molecule has 0 radical (unpaired) electrons. The molecule has 138 valence electrons. The van der Waals surface area contributed by atoms with Crippen molar-refractivity contribution in [3.63, 3.8) is 0 Å². The van der Waals surface area contributed by atoms with Gasteiger partial charge in [-0.25, -0.2) is 4.79 Å². The number of esters is 1. The van der Waals surface area contributed by atoms with Gasteiger partial charge in [0.2, 0.25) is 0 Å². The molecule has 1 aliphatic heterocycles. The zero-order chi connectivity index (χ0) is 19.1. The molecule has 1 aliphatic rings. The number of carbonyl (C=O) groups excluding carboxylic acids is 1. The summed E-state index contributed by atoms with van der Waals surface area (Å²) in [6.07, 6.45) is 1.01. The Bertz CT molecular complexity index is 1260. The molecule has 4 heteroatoms. The maximum atomic E-state index is 12.1. The second kappa shape index (κ2) is 6.57. The highest BCUT2D eigenvalue weighted by atomic mass is 16.5. The van der Waals surface area contributed by atoms with Gasteiger partial charge in [-0.15, -0.1) is 0 Å². The van der Waals surface area contributed by atoms with Crippen LogP contribution in [0.25, 0.3) is 33.2 Å². The van der Waals surface area contributed by atoms with E-state index in [9.17, 15) is 4.79 Å². The van der Waals surface area contributed by atoms with Crippen LogP contribution in [0.2, 0.25) is 0 Å². The summed E-state index contributed by atoms with van der Waals surface area (Å²) in [6.45, 7) is 0.924. The van der Waals surface area contributed by atoms with E-state index in [1.54, 1.807) is 0 Å². The number of nitrogens with zero attached hydrogens (tertiary/aromatic N) is 1. The molecular weight excluding hydrogens is 348 g/mol. The minimum Gasteiger partial charge on any atom is -0.465 e. The van der Waals surface area contributed by atoms with Crippen LogP contribution in [0.3, 0.4) is 0 Å². The molecule has 0 saturated carbocycles. The van der Waals surface area contributed by atoms with Crippen molar-refractivity contribution in [2.45, 2.75) is 13.0 Å². The quantitative estimate of drug-likeness (QED) is 0.491. The molecular formula is C24H20N2O2. The monoisotopic (exact) mass is 368 g/mol. The molecule has 5 rings (SSSR count). The Morgan fingerprint density at radius 2 is 1.86 bits per heavy atom. The Morgan fingerprint density at radius 3 is 2.68 bits per heavy atom. The summed E-state index contributed by atoms with van der Waals surface area (Å²) in [4.78, 5) is 15.7. The number of hydrogen-bond acceptors (Lipinski definition) is 2. The maximum absolute atomic E-state index is 12.1. The number of aryl methyl sites for hydroxylation is 2. The first-order chi connectivity index (χ1) is 13.7. The highest BCUT2D eigenvalue weighted by Crippen LogP contribution is 2.30. The van der Waals surface area contributed by atoms with Crippen molar-refractivity contribution in [1.82, 2.24) is 9.55 Å². The van der Waals surface area contributed by atoms with Crippen LogP contribution in [0.1, 0.15) is 15.9 Å². The van der Waals surface area contributed by atoms with E-state index in [2.05, 4.69) is 45.9 Å². The molecule has 0 aliphatic carbocycles. The van der Waals surface area contributed by atoms with Gasteiger partial charge in [0.25, 0.3) is 0 Å². The fraction of sp³-hybridized carbons (Fsp3) is 0.125. The first kappa shape index (κ1) is 16.6. The minimum absolute atomic E-state index is 0.334. The normalized spacial score (nSPS) is 12.3. The molecule has 0 fully saturated rings. The fourth-order valence-corrected chi connectivity index (χ4v) is 4.07. The molecule has 0 saturated heterocycles. The topological polar surface area (TPSA) is 47.0 Å². The third kappa shape index (κ3) is 2.65. The number of aromatic nitrogens is 2. The van der Waals surface area contributed by atoms with Gasteiger partial charge in [0.1, 0.15) is 0 Å². The third-order valence-electron chi connectivity index (χ3n) is 5.39. The van der Waals surface area contributed by atoms with E-state index in [-0.39, 0.29) is 5.97 Å². The predicted molar refractivity (Wildman–Crippen MR) is 112 cm³/mol. The molecule has 4 aromatic rings. The number of nitrogens with one attached hydrogen (secondary N) is 1. The lowest BCUT2D eigenvalue weighted by Gasteiger charge is -2.11. The Labute approximate surface area is 162 Å². The molecule has 2 heterocycles. The lowest BCUT2D eigenvalue weighted by atomic mass is 10.1. The van der Waals surface area contributed by atoms with E-state index in [0.717, 1.165) is 35.3 Å². The van der Waals surface area contributed by atoms with Crippen LogP contribution in [0, 0.1) is 0 Å². The summed E-state index contributed by atoms with van der Waals surface area (Å²) in [5.41, 5.74) is 7.22. The second-order valence-corrected chi connectivity index (χ2v) is 7.03. The molecule has 0 atom stereocenters. The van der Waals surface area contributed by atoms with Crippen molar-refractivity contribution in [3.05, 3.63) is 83.9 Å². The lowest BCUT2D eigenvalue weighted by Crippen LogP contribution is -2.03. The molecule has 0 unspecified atom stereocenters. The summed E-state index contributed by atoms with van der Waals surface area (Å²) in [6, 6.07) is 24.7. The first-order valence-electron chi connectivity index (χ1n) is 9.40. The van der Waals surface area contributed by atoms with Gasteiger partial charge < -0.3 is 14.3 Å². The summed E-state index contributed by atoms with van der Waals surface area (Å²) in [5.74, 6) is -0.334. The standard InChI is InChI=1S/C24H20N2O2/c1-28-24(27)19-10-11-22-21(15-19)25-20(16-6-3-2-4-7-16)14-18-9-5-8-17-12-13-26(22)23(17)18/h2-11,14-15,25H,12-13H2,1H3. The number of carbonyl (C=O) groups is 1. The largest absolute Gasteiger partial charge is 0.465 e. The first-order valence-corrected chi connectivity index (χ1v) is 9.40. The Morgan fingerprint density at radius 1 is 1.00 bits per heavy atom. The highest BCUT2D eigenvalue weighted by molar-refractivity contribution is 5.95. The third-order valence-corrected chi connectivity index (χ3v) is 5.39. The van der Waals surface area contributed by atoms with E-state index < -0.39 is 0 Å². The number of ether oxygens (including phenoxy) is 1. The predicted octanol–water partition coefficient (Wildman–Crippen LogP) is 5.26. The molecule has 0 bridgehead atoms. The van der Waals surface area contributed by atoms with E-state index in [1.807, 2.05) is 36.4 Å². The van der Waals surface area contributed by atoms with Crippen molar-refractivity contribution >= 4 is 27.9 Å². The zero-order valence-corrected chi connectivity index (χ0v) is 15.6. The van der Waals surface area contributed by atoms with Crippen LogP contribution >= 0.6 is 0 Å². The van der Waals surface area contributed by atoms with E-state index in [4.69, 9.17) is 4.74 Å². The number of H-pyrrole nitrogens is 1. The van der Waals surface area contributed by atoms with E-state index in [1.165, 1.54) is 23.6 Å². The highest BCUT2D eigenvalue weighted by Gasteiger charge is 2.15. The SMILES string of the molecule is COC(=O)c1ccc2c(c1)[nH]c(-c1ccccc1)cc1cccc3c1n2CC3. The summed E-state index contributed by atoms with van der Waals surface area (Å²) in [5, 5.41) is 1.20. The van der Waals surface area contributed by atoms with E-state index in [0.29, 0.717) is 5.56 Å². The van der Waals surface area contributed by atoms with Gasteiger partial charge in [0.05, 0.1) is 29.2 Å². The number of benzene rings is 3. The van der Waals surface area contributed by atoms with E-state index >= 15 is 0 Å². The van der Waals surface area contributed by atoms with Crippen LogP contribution in [-0.4, -0.2) is 22.6 Å². The zero-order valence-electron chi connectivity index (χ0n) is 15.6. The fourth-order valence-electron chi connectivity index (χ4n) is 4.07. The van der Waals surface area contributed by atoms with Crippen LogP contribution < -0.4 is 0 Å². The number of fused-ring (bicyclic) bond motifs is 2. The van der Waals surface area contributed by atoms with Crippen LogP contribution in [0.5, 0.6) is 0 Å². The minimum atomic E-state index is -0.334. The van der Waals surface area contributed by atoms with Crippen molar-refractivity contribution < 1.29 is 9.53 Å².